The molecule has 200 valence electrons. The molecule has 6 heteroatoms. The van der Waals surface area contributed by atoms with Gasteiger partial charge in [0.05, 0.1) is 6.54 Å². The van der Waals surface area contributed by atoms with Gasteiger partial charge in [0.25, 0.3) is 5.91 Å². The average Bonchev–Trinajstić information content (AvgIpc) is 2.96. The van der Waals surface area contributed by atoms with E-state index in [1.54, 1.807) is 24.3 Å². The van der Waals surface area contributed by atoms with E-state index in [0.29, 0.717) is 36.1 Å². The summed E-state index contributed by atoms with van der Waals surface area (Å²) in [7, 11) is 0. The van der Waals surface area contributed by atoms with E-state index in [4.69, 9.17) is 9.47 Å². The summed E-state index contributed by atoms with van der Waals surface area (Å²) in [5.41, 5.74) is 4.74. The maximum absolute atomic E-state index is 12.5. The highest BCUT2D eigenvalue weighted by Crippen LogP contribution is 2.22. The van der Waals surface area contributed by atoms with Crippen LogP contribution in [-0.4, -0.2) is 36.2 Å². The summed E-state index contributed by atoms with van der Waals surface area (Å²) in [4.78, 5) is 24.2. The van der Waals surface area contributed by atoms with E-state index in [0.717, 1.165) is 16.7 Å². The predicted molar refractivity (Wildman–Crippen MR) is 152 cm³/mol. The summed E-state index contributed by atoms with van der Waals surface area (Å²) < 4.78 is 11.5. The number of nitrogens with one attached hydrogen (secondary N) is 1. The number of carbonyl (C=O) groups is 2. The SMILES string of the molecule is CC(C)c1ccc(OC(Cc2ccc(OCCNC(=O)c3ccc(-c4ccccc4)cc3)cc2)C(=O)O)cc1. The molecule has 1 atom stereocenters. The van der Waals surface area contributed by atoms with Gasteiger partial charge in [0.1, 0.15) is 18.1 Å². The summed E-state index contributed by atoms with van der Waals surface area (Å²) in [6.07, 6.45) is -0.778. The standard InChI is InChI=1S/C33H33NO5/c1-23(2)25-14-18-30(19-15-25)39-31(33(36)37)22-24-8-16-29(17-9-24)38-21-20-34-32(35)28-12-10-27(11-13-28)26-6-4-3-5-7-26/h3-19,23,31H,20-22H2,1-2H3,(H,34,35)(H,36,37). The van der Waals surface area contributed by atoms with Gasteiger partial charge in [-0.05, 0) is 64.6 Å². The fraction of sp³-hybridized carbons (Fsp3) is 0.212. The minimum absolute atomic E-state index is 0.160. The van der Waals surface area contributed by atoms with E-state index < -0.39 is 12.1 Å². The highest BCUT2D eigenvalue weighted by molar-refractivity contribution is 5.94. The molecule has 0 aliphatic carbocycles. The van der Waals surface area contributed by atoms with Crippen molar-refractivity contribution in [2.24, 2.45) is 0 Å². The first-order valence-corrected chi connectivity index (χ1v) is 13.0. The summed E-state index contributed by atoms with van der Waals surface area (Å²) in [5.74, 6) is 0.378. The van der Waals surface area contributed by atoms with Crippen molar-refractivity contribution >= 4 is 11.9 Å². The van der Waals surface area contributed by atoms with Crippen LogP contribution in [0.4, 0.5) is 0 Å². The second-order valence-corrected chi connectivity index (χ2v) is 9.56. The number of benzene rings is 4. The molecule has 0 saturated heterocycles. The Labute approximate surface area is 229 Å². The van der Waals surface area contributed by atoms with Crippen LogP contribution in [0.2, 0.25) is 0 Å². The number of carboxylic acids is 1. The number of ether oxygens (including phenoxy) is 2. The normalized spacial score (nSPS) is 11.6. The lowest BCUT2D eigenvalue weighted by Crippen LogP contribution is -2.29. The number of hydrogen-bond acceptors (Lipinski definition) is 4. The predicted octanol–water partition coefficient (Wildman–Crippen LogP) is 6.36. The van der Waals surface area contributed by atoms with Crippen molar-refractivity contribution in [2.75, 3.05) is 13.2 Å². The Balaban J connectivity index is 1.22. The first-order chi connectivity index (χ1) is 18.9. The quantitative estimate of drug-likeness (QED) is 0.211. The molecular weight excluding hydrogens is 490 g/mol. The van der Waals surface area contributed by atoms with Crippen LogP contribution in [0, 0.1) is 0 Å². The molecule has 0 fully saturated rings. The maximum atomic E-state index is 12.5. The van der Waals surface area contributed by atoms with Gasteiger partial charge in [0.15, 0.2) is 6.10 Å². The minimum atomic E-state index is -1.02. The van der Waals surface area contributed by atoms with Crippen LogP contribution in [0.3, 0.4) is 0 Å². The lowest BCUT2D eigenvalue weighted by Gasteiger charge is -2.16. The third-order valence-electron chi connectivity index (χ3n) is 6.36. The number of aliphatic carboxylic acids is 1. The maximum Gasteiger partial charge on any atom is 0.345 e. The van der Waals surface area contributed by atoms with Gasteiger partial charge in [0, 0.05) is 12.0 Å². The van der Waals surface area contributed by atoms with Crippen molar-refractivity contribution in [2.45, 2.75) is 32.3 Å². The molecule has 1 unspecified atom stereocenters. The van der Waals surface area contributed by atoms with E-state index >= 15 is 0 Å². The zero-order chi connectivity index (χ0) is 27.6. The van der Waals surface area contributed by atoms with Gasteiger partial charge >= 0.3 is 5.97 Å². The molecule has 4 rings (SSSR count). The molecule has 0 heterocycles. The van der Waals surface area contributed by atoms with Gasteiger partial charge < -0.3 is 19.9 Å². The van der Waals surface area contributed by atoms with E-state index in [9.17, 15) is 14.7 Å². The van der Waals surface area contributed by atoms with Gasteiger partial charge in [-0.1, -0.05) is 80.6 Å². The van der Waals surface area contributed by atoms with Crippen molar-refractivity contribution in [1.29, 1.82) is 0 Å². The van der Waals surface area contributed by atoms with E-state index in [-0.39, 0.29) is 12.3 Å². The zero-order valence-corrected chi connectivity index (χ0v) is 22.2. The molecular formula is C33H33NO5. The third kappa shape index (κ3) is 7.95. The highest BCUT2D eigenvalue weighted by Gasteiger charge is 2.20. The number of hydrogen-bond donors (Lipinski definition) is 2. The van der Waals surface area contributed by atoms with E-state index in [1.165, 1.54) is 5.56 Å². The van der Waals surface area contributed by atoms with Crippen LogP contribution < -0.4 is 14.8 Å². The van der Waals surface area contributed by atoms with Gasteiger partial charge in [-0.15, -0.1) is 0 Å². The largest absolute Gasteiger partial charge is 0.492 e. The summed E-state index contributed by atoms with van der Waals surface area (Å²) in [6, 6.07) is 32.2. The molecule has 0 saturated carbocycles. The molecule has 0 aliphatic heterocycles. The lowest BCUT2D eigenvalue weighted by atomic mass is 10.0. The molecule has 0 aliphatic rings. The molecule has 4 aromatic carbocycles. The molecule has 2 N–H and O–H groups in total. The van der Waals surface area contributed by atoms with Crippen molar-refractivity contribution in [3.05, 3.63) is 120 Å². The van der Waals surface area contributed by atoms with Crippen LogP contribution in [0.5, 0.6) is 11.5 Å². The number of carboxylic acid groups (broad SMARTS) is 1. The number of amides is 1. The third-order valence-corrected chi connectivity index (χ3v) is 6.36. The number of rotatable bonds is 12. The smallest absolute Gasteiger partial charge is 0.345 e. The van der Waals surface area contributed by atoms with Crippen LogP contribution in [0.1, 0.15) is 41.3 Å². The Bertz CT molecular complexity index is 1350. The van der Waals surface area contributed by atoms with E-state index in [2.05, 4.69) is 19.2 Å². The molecule has 0 aromatic heterocycles. The minimum Gasteiger partial charge on any atom is -0.492 e. The van der Waals surface area contributed by atoms with Gasteiger partial charge in [-0.3, -0.25) is 4.79 Å². The summed E-state index contributed by atoms with van der Waals surface area (Å²) in [6.45, 7) is 4.86. The van der Waals surface area contributed by atoms with Crippen LogP contribution in [-0.2, 0) is 11.2 Å². The molecule has 4 aromatic rings. The Morgan fingerprint density at radius 1 is 0.769 bits per heavy atom. The molecule has 6 nitrogen and oxygen atoms in total. The second-order valence-electron chi connectivity index (χ2n) is 9.56. The van der Waals surface area contributed by atoms with Crippen molar-refractivity contribution in [3.8, 4) is 22.6 Å². The Morgan fingerprint density at radius 2 is 1.38 bits per heavy atom. The van der Waals surface area contributed by atoms with Crippen molar-refractivity contribution in [1.82, 2.24) is 5.32 Å². The first-order valence-electron chi connectivity index (χ1n) is 13.0. The van der Waals surface area contributed by atoms with Gasteiger partial charge in [-0.25, -0.2) is 4.79 Å². The lowest BCUT2D eigenvalue weighted by molar-refractivity contribution is -0.145. The first kappa shape index (κ1) is 27.5. The Morgan fingerprint density at radius 3 is 2.00 bits per heavy atom. The van der Waals surface area contributed by atoms with Crippen LogP contribution >= 0.6 is 0 Å². The summed E-state index contributed by atoms with van der Waals surface area (Å²) >= 11 is 0. The molecule has 0 bridgehead atoms. The number of carbonyl (C=O) groups excluding carboxylic acids is 1. The topological polar surface area (TPSA) is 84.9 Å². The van der Waals surface area contributed by atoms with Gasteiger partial charge in [-0.2, -0.15) is 0 Å². The van der Waals surface area contributed by atoms with Crippen LogP contribution in [0.15, 0.2) is 103 Å². The second kappa shape index (κ2) is 13.3. The highest BCUT2D eigenvalue weighted by atomic mass is 16.5. The monoisotopic (exact) mass is 523 g/mol. The molecule has 0 spiro atoms. The van der Waals surface area contributed by atoms with Crippen LogP contribution in [0.25, 0.3) is 11.1 Å². The van der Waals surface area contributed by atoms with E-state index in [1.807, 2.05) is 78.9 Å². The van der Waals surface area contributed by atoms with Gasteiger partial charge in [0.2, 0.25) is 0 Å². The zero-order valence-electron chi connectivity index (χ0n) is 22.2. The molecule has 1 amide bonds. The average molecular weight is 524 g/mol. The summed E-state index contributed by atoms with van der Waals surface area (Å²) in [5, 5.41) is 12.5. The Hall–Kier alpha value is -4.58. The van der Waals surface area contributed by atoms with Crippen molar-refractivity contribution < 1.29 is 24.2 Å². The fourth-order valence-corrected chi connectivity index (χ4v) is 4.09. The van der Waals surface area contributed by atoms with Crippen molar-refractivity contribution in [3.63, 3.8) is 0 Å². The Kier molecular flexibility index (Phi) is 9.35. The molecule has 39 heavy (non-hydrogen) atoms. The molecule has 0 radical (unpaired) electrons. The fourth-order valence-electron chi connectivity index (χ4n) is 4.09.